The van der Waals surface area contributed by atoms with E-state index < -0.39 is 0 Å². The Bertz CT molecular complexity index is 2850. The Morgan fingerprint density at radius 1 is 0.508 bits per heavy atom. The van der Waals surface area contributed by atoms with Gasteiger partial charge in [-0.3, -0.25) is 0 Å². The topological polar surface area (TPSA) is 193 Å². The van der Waals surface area contributed by atoms with Crippen LogP contribution < -0.4 is 35.2 Å². The highest BCUT2D eigenvalue weighted by Gasteiger charge is 2.29. The Labute approximate surface area is 397 Å². The first-order valence-electron chi connectivity index (χ1n) is 20.0. The highest BCUT2D eigenvalue weighted by Crippen LogP contribution is 2.54. The third-order valence-electron chi connectivity index (χ3n) is 9.52. The molecule has 0 heterocycles. The maximum Gasteiger partial charge on any atom is 0.153 e. The van der Waals surface area contributed by atoms with Crippen LogP contribution in [0.2, 0.25) is 0 Å². The number of unbranched alkanes of at least 4 members (excludes halogenated alkanes) is 1. The quantitative estimate of drug-likeness (QED) is 0.0687. The number of para-hydroxylation sites is 2. The van der Waals surface area contributed by atoms with E-state index in [1.54, 1.807) is 0 Å². The monoisotopic (exact) mass is 938 g/mol. The fourth-order valence-electron chi connectivity index (χ4n) is 6.34. The van der Waals surface area contributed by atoms with Crippen molar-refractivity contribution in [3.8, 4) is 53.0 Å². The van der Waals surface area contributed by atoms with Gasteiger partial charge in [0.2, 0.25) is 0 Å². The zero-order valence-corrected chi connectivity index (χ0v) is 40.2. The molecule has 65 heavy (non-hydrogen) atoms. The van der Waals surface area contributed by atoms with E-state index in [4.69, 9.17) is 35.2 Å². The largest absolute Gasteiger partial charge is 0.494 e. The Morgan fingerprint density at radius 3 is 1.28 bits per heavy atom. The van der Waals surface area contributed by atoms with Crippen LogP contribution in [0.1, 0.15) is 53.1 Å². The molecule has 0 unspecified atom stereocenters. The van der Waals surface area contributed by atoms with E-state index in [0.717, 1.165) is 49.3 Å². The standard InChI is InChI=1S/C26H25N3O3S2.C24H21N3O2S2/c1-4-5-14-32-17-10-12-18(13-11-17)33-25-23(30-2)19(15-27)20(16-28)24(31-3)26(25)34-22-9-7-6-8-21(22)29;1-14-9-10-19(15(2)11-14)30-23-21(28-3)16(12-25)17(13-26)22(29-4)24(23)31-20-8-6-5-7-18(20)27/h6-13H,4-5,14,29H2,1-3H3;5-11H,27H2,1-4H3. The number of nitrogens with two attached hydrogens (primary N) is 2. The minimum Gasteiger partial charge on any atom is -0.494 e. The summed E-state index contributed by atoms with van der Waals surface area (Å²) in [5.74, 6) is 2.12. The first kappa shape index (κ1) is 49.3. The van der Waals surface area contributed by atoms with Gasteiger partial charge in [0.05, 0.1) is 54.6 Å². The van der Waals surface area contributed by atoms with Crippen LogP contribution in [0.4, 0.5) is 11.4 Å². The predicted octanol–water partition coefficient (Wildman–Crippen LogP) is 12.5. The van der Waals surface area contributed by atoms with E-state index in [0.29, 0.717) is 60.6 Å². The molecule has 0 aromatic heterocycles. The normalized spacial score (nSPS) is 10.3. The van der Waals surface area contributed by atoms with E-state index in [9.17, 15) is 21.0 Å². The van der Waals surface area contributed by atoms with Gasteiger partial charge in [-0.1, -0.05) is 102 Å². The van der Waals surface area contributed by atoms with E-state index >= 15 is 0 Å². The molecule has 6 rings (SSSR count). The Kier molecular flexibility index (Phi) is 18.1. The van der Waals surface area contributed by atoms with Gasteiger partial charge >= 0.3 is 0 Å². The maximum atomic E-state index is 9.85. The number of anilines is 2. The number of hydrogen-bond donors (Lipinski definition) is 2. The molecule has 0 atom stereocenters. The molecule has 0 saturated carbocycles. The summed E-state index contributed by atoms with van der Waals surface area (Å²) in [6.07, 6.45) is 2.07. The SMILES string of the molecule is CCCCOc1ccc(Sc2c(OC)c(C#N)c(C#N)c(OC)c2Sc2ccccc2N)cc1.COc1c(C#N)c(C#N)c(OC)c(Sc2ccccc2N)c1Sc1ccc(C)cc1C. The molecule has 0 radical (unpaired) electrons. The molecule has 11 nitrogen and oxygen atoms in total. The number of nitriles is 4. The summed E-state index contributed by atoms with van der Waals surface area (Å²) < 4.78 is 28.4. The van der Waals surface area contributed by atoms with Crippen LogP contribution in [0.3, 0.4) is 0 Å². The van der Waals surface area contributed by atoms with E-state index in [-0.39, 0.29) is 22.3 Å². The molecule has 0 aliphatic heterocycles. The van der Waals surface area contributed by atoms with Gasteiger partial charge in [0.25, 0.3) is 0 Å². The van der Waals surface area contributed by atoms with Gasteiger partial charge in [0.1, 0.15) is 52.3 Å². The van der Waals surface area contributed by atoms with Crippen molar-refractivity contribution in [2.24, 2.45) is 0 Å². The molecule has 4 N–H and O–H groups in total. The van der Waals surface area contributed by atoms with Crippen molar-refractivity contribution in [1.82, 2.24) is 0 Å². The molecule has 6 aromatic carbocycles. The number of nitrogens with zero attached hydrogens (tertiary/aromatic N) is 4. The summed E-state index contributed by atoms with van der Waals surface area (Å²) in [5.41, 5.74) is 16.4. The van der Waals surface area contributed by atoms with Crippen LogP contribution in [0.5, 0.6) is 28.7 Å². The fraction of sp³-hybridized carbons (Fsp3) is 0.200. The van der Waals surface area contributed by atoms with Crippen molar-refractivity contribution in [3.05, 3.63) is 124 Å². The molecule has 0 bridgehead atoms. The minimum atomic E-state index is 0.128. The van der Waals surface area contributed by atoms with Crippen molar-refractivity contribution in [3.63, 3.8) is 0 Å². The van der Waals surface area contributed by atoms with Crippen LogP contribution >= 0.6 is 47.0 Å². The molecule has 0 fully saturated rings. The summed E-state index contributed by atoms with van der Waals surface area (Å²) in [4.78, 5) is 6.26. The third-order valence-corrected chi connectivity index (χ3v) is 14.5. The lowest BCUT2D eigenvalue weighted by Crippen LogP contribution is -2.02. The summed E-state index contributed by atoms with van der Waals surface area (Å²) in [6.45, 7) is 6.88. The van der Waals surface area contributed by atoms with Crippen LogP contribution in [0.25, 0.3) is 0 Å². The zero-order valence-electron chi connectivity index (χ0n) is 36.9. The Balaban J connectivity index is 0.000000245. The second-order valence-corrected chi connectivity index (χ2v) is 18.1. The van der Waals surface area contributed by atoms with Crippen LogP contribution in [-0.4, -0.2) is 35.0 Å². The number of benzene rings is 6. The number of methoxy groups -OCH3 is 4. The zero-order chi connectivity index (χ0) is 47.0. The molecule has 15 heteroatoms. The van der Waals surface area contributed by atoms with Crippen molar-refractivity contribution < 1.29 is 23.7 Å². The van der Waals surface area contributed by atoms with Gasteiger partial charge in [0.15, 0.2) is 23.0 Å². The number of rotatable bonds is 16. The third kappa shape index (κ3) is 11.5. The van der Waals surface area contributed by atoms with E-state index in [1.807, 2.05) is 98.8 Å². The van der Waals surface area contributed by atoms with Crippen LogP contribution in [0, 0.1) is 59.2 Å². The number of hydrogen-bond acceptors (Lipinski definition) is 15. The molecule has 0 amide bonds. The highest BCUT2D eigenvalue weighted by molar-refractivity contribution is 8.03. The second kappa shape index (κ2) is 23.8. The molecule has 0 saturated heterocycles. The van der Waals surface area contributed by atoms with E-state index in [2.05, 4.69) is 37.3 Å². The number of aryl methyl sites for hydroxylation is 2. The van der Waals surface area contributed by atoms with Crippen molar-refractivity contribution in [2.75, 3.05) is 46.5 Å². The minimum absolute atomic E-state index is 0.128. The lowest BCUT2D eigenvalue weighted by molar-refractivity contribution is 0.309. The summed E-state index contributed by atoms with van der Waals surface area (Å²) in [7, 11) is 5.97. The van der Waals surface area contributed by atoms with Crippen LogP contribution in [-0.2, 0) is 0 Å². The molecular weight excluding hydrogens is 893 g/mol. The molecule has 0 aliphatic rings. The van der Waals surface area contributed by atoms with Crippen molar-refractivity contribution in [1.29, 1.82) is 21.0 Å². The molecule has 0 spiro atoms. The van der Waals surface area contributed by atoms with Gasteiger partial charge in [-0.2, -0.15) is 21.0 Å². The Morgan fingerprint density at radius 2 is 0.908 bits per heavy atom. The highest BCUT2D eigenvalue weighted by atomic mass is 32.2. The van der Waals surface area contributed by atoms with Crippen molar-refractivity contribution in [2.45, 2.75) is 72.8 Å². The lowest BCUT2D eigenvalue weighted by Gasteiger charge is -2.20. The van der Waals surface area contributed by atoms with Gasteiger partial charge in [-0.15, -0.1) is 0 Å². The molecular formula is C50H46N6O5S4. The van der Waals surface area contributed by atoms with Gasteiger partial charge in [-0.25, -0.2) is 0 Å². The van der Waals surface area contributed by atoms with Gasteiger partial charge in [0, 0.05) is 31.0 Å². The summed E-state index contributed by atoms with van der Waals surface area (Å²) >= 11 is 5.66. The second-order valence-electron chi connectivity index (χ2n) is 13.8. The lowest BCUT2D eigenvalue weighted by atomic mass is 10.1. The smallest absolute Gasteiger partial charge is 0.153 e. The van der Waals surface area contributed by atoms with Gasteiger partial charge in [-0.05, 0) is 80.4 Å². The average molecular weight is 939 g/mol. The number of nitrogen functional groups attached to an aromatic ring is 2. The fourth-order valence-corrected chi connectivity index (χ4v) is 10.9. The summed E-state index contributed by atoms with van der Waals surface area (Å²) in [6, 6.07) is 37.3. The molecule has 0 aliphatic carbocycles. The van der Waals surface area contributed by atoms with Crippen LogP contribution in [0.15, 0.2) is 130 Å². The summed E-state index contributed by atoms with van der Waals surface area (Å²) in [5, 5.41) is 39.3. The first-order valence-corrected chi connectivity index (χ1v) is 23.2. The predicted molar refractivity (Wildman–Crippen MR) is 259 cm³/mol. The number of ether oxygens (including phenoxy) is 5. The first-order chi connectivity index (χ1) is 31.5. The molecule has 330 valence electrons. The average Bonchev–Trinajstić information content (AvgIpc) is 3.31. The van der Waals surface area contributed by atoms with Gasteiger partial charge < -0.3 is 35.2 Å². The van der Waals surface area contributed by atoms with Crippen molar-refractivity contribution >= 4 is 58.4 Å². The maximum absolute atomic E-state index is 9.85. The molecule has 6 aromatic rings. The van der Waals surface area contributed by atoms with E-state index in [1.165, 1.54) is 75.5 Å². The Hall–Kier alpha value is -6.72.